The van der Waals surface area contributed by atoms with Crippen LogP contribution in [-0.2, 0) is 9.53 Å². The molecule has 1 aromatic heterocycles. The van der Waals surface area contributed by atoms with Crippen molar-refractivity contribution < 1.29 is 14.3 Å². The maximum Gasteiger partial charge on any atom is 0.310 e. The van der Waals surface area contributed by atoms with Gasteiger partial charge in [-0.1, -0.05) is 6.07 Å². The zero-order valence-electron chi connectivity index (χ0n) is 9.63. The Morgan fingerprint density at radius 2 is 2.41 bits per heavy atom. The van der Waals surface area contributed by atoms with E-state index in [1.165, 1.54) is 7.11 Å². The summed E-state index contributed by atoms with van der Waals surface area (Å²) in [7, 11) is 1.40. The summed E-state index contributed by atoms with van der Waals surface area (Å²) in [4.78, 5) is 28.2. The molecule has 1 aliphatic rings. The lowest BCUT2D eigenvalue weighted by molar-refractivity contribution is -0.144. The van der Waals surface area contributed by atoms with Gasteiger partial charge in [-0.3, -0.25) is 9.59 Å². The van der Waals surface area contributed by atoms with Crippen LogP contribution in [0.2, 0.25) is 0 Å². The molecule has 0 N–H and O–H groups in total. The van der Waals surface area contributed by atoms with E-state index in [-0.39, 0.29) is 11.9 Å². The Morgan fingerprint density at radius 3 is 3.12 bits per heavy atom. The number of ether oxygens (including phenoxy) is 1. The third-order valence-electron chi connectivity index (χ3n) is 2.92. The van der Waals surface area contributed by atoms with Gasteiger partial charge in [0.2, 0.25) is 0 Å². The van der Waals surface area contributed by atoms with E-state index in [1.54, 1.807) is 12.1 Å². The molecular formula is C12H14N2O3. The number of rotatable bonds is 3. The van der Waals surface area contributed by atoms with E-state index in [1.807, 2.05) is 11.0 Å². The molecule has 0 amide bonds. The van der Waals surface area contributed by atoms with Crippen molar-refractivity contribution in [1.82, 2.24) is 4.98 Å². The van der Waals surface area contributed by atoms with Gasteiger partial charge in [-0.05, 0) is 18.6 Å². The van der Waals surface area contributed by atoms with Crippen molar-refractivity contribution in [3.05, 3.63) is 23.9 Å². The number of anilines is 1. The molecule has 0 aromatic carbocycles. The molecule has 5 nitrogen and oxygen atoms in total. The van der Waals surface area contributed by atoms with Crippen LogP contribution in [0.1, 0.15) is 16.9 Å². The zero-order chi connectivity index (χ0) is 12.3. The highest BCUT2D eigenvalue weighted by molar-refractivity contribution is 5.75. The molecule has 1 aromatic rings. The molecule has 0 bridgehead atoms. The third-order valence-corrected chi connectivity index (χ3v) is 2.92. The molecule has 0 saturated carbocycles. The number of methoxy groups -OCH3 is 1. The fourth-order valence-corrected chi connectivity index (χ4v) is 2.01. The van der Waals surface area contributed by atoms with Gasteiger partial charge in [0, 0.05) is 13.1 Å². The fourth-order valence-electron chi connectivity index (χ4n) is 2.01. The first kappa shape index (κ1) is 11.6. The van der Waals surface area contributed by atoms with Crippen LogP contribution in [0.15, 0.2) is 18.2 Å². The molecular weight excluding hydrogens is 220 g/mol. The van der Waals surface area contributed by atoms with E-state index >= 15 is 0 Å². The van der Waals surface area contributed by atoms with Crippen molar-refractivity contribution in [3.63, 3.8) is 0 Å². The van der Waals surface area contributed by atoms with Gasteiger partial charge in [-0.25, -0.2) is 4.98 Å². The molecule has 90 valence electrons. The molecule has 1 unspecified atom stereocenters. The van der Waals surface area contributed by atoms with E-state index in [0.29, 0.717) is 12.2 Å². The first-order chi connectivity index (χ1) is 8.24. The number of esters is 1. The van der Waals surface area contributed by atoms with Crippen LogP contribution in [-0.4, -0.2) is 37.4 Å². The summed E-state index contributed by atoms with van der Waals surface area (Å²) in [5.41, 5.74) is 0.406. The molecule has 0 radical (unpaired) electrons. The first-order valence-electron chi connectivity index (χ1n) is 5.49. The second kappa shape index (κ2) is 4.95. The van der Waals surface area contributed by atoms with Crippen LogP contribution in [0.5, 0.6) is 0 Å². The standard InChI is InChI=1S/C12H14N2O3/c1-17-12(16)9-5-6-14(7-9)11-4-2-3-10(8-15)13-11/h2-4,8-9H,5-7H2,1H3. The summed E-state index contributed by atoms with van der Waals surface area (Å²) in [6.45, 7) is 1.36. The van der Waals surface area contributed by atoms with Gasteiger partial charge in [0.15, 0.2) is 6.29 Å². The molecule has 1 aliphatic heterocycles. The van der Waals surface area contributed by atoms with Gasteiger partial charge < -0.3 is 9.64 Å². The SMILES string of the molecule is COC(=O)C1CCN(c2cccc(C=O)n2)C1. The molecule has 2 heterocycles. The predicted octanol–water partition coefficient (Wildman–Crippen LogP) is 0.893. The van der Waals surface area contributed by atoms with Crippen LogP contribution in [0, 0.1) is 5.92 Å². The van der Waals surface area contributed by atoms with Crippen molar-refractivity contribution in [2.75, 3.05) is 25.1 Å². The molecule has 2 rings (SSSR count). The lowest BCUT2D eigenvalue weighted by Gasteiger charge is -2.16. The van der Waals surface area contributed by atoms with Crippen molar-refractivity contribution in [3.8, 4) is 0 Å². The van der Waals surface area contributed by atoms with Crippen molar-refractivity contribution in [1.29, 1.82) is 0 Å². The molecule has 17 heavy (non-hydrogen) atoms. The quantitative estimate of drug-likeness (QED) is 0.574. The summed E-state index contributed by atoms with van der Waals surface area (Å²) >= 11 is 0. The number of hydrogen-bond donors (Lipinski definition) is 0. The van der Waals surface area contributed by atoms with E-state index in [9.17, 15) is 9.59 Å². The first-order valence-corrected chi connectivity index (χ1v) is 5.49. The Balaban J connectivity index is 2.09. The van der Waals surface area contributed by atoms with Gasteiger partial charge in [0.1, 0.15) is 11.5 Å². The average molecular weight is 234 g/mol. The highest BCUT2D eigenvalue weighted by Gasteiger charge is 2.29. The molecule has 5 heteroatoms. The lowest BCUT2D eigenvalue weighted by atomic mass is 10.1. The van der Waals surface area contributed by atoms with Gasteiger partial charge in [0.05, 0.1) is 13.0 Å². The number of hydrogen-bond acceptors (Lipinski definition) is 5. The normalized spacial score (nSPS) is 19.1. The summed E-state index contributed by atoms with van der Waals surface area (Å²) < 4.78 is 4.72. The molecule has 0 spiro atoms. The van der Waals surface area contributed by atoms with Crippen LogP contribution in [0.4, 0.5) is 5.82 Å². The van der Waals surface area contributed by atoms with Crippen LogP contribution in [0.25, 0.3) is 0 Å². The largest absolute Gasteiger partial charge is 0.469 e. The maximum absolute atomic E-state index is 11.4. The summed E-state index contributed by atoms with van der Waals surface area (Å²) in [6.07, 6.45) is 1.48. The van der Waals surface area contributed by atoms with Crippen molar-refractivity contribution in [2.45, 2.75) is 6.42 Å². The minimum absolute atomic E-state index is 0.0957. The number of nitrogens with zero attached hydrogens (tertiary/aromatic N) is 2. The minimum Gasteiger partial charge on any atom is -0.469 e. The smallest absolute Gasteiger partial charge is 0.310 e. The molecule has 0 aliphatic carbocycles. The Labute approximate surface area is 99.4 Å². The Hall–Kier alpha value is -1.91. The number of carbonyl (C=O) groups excluding carboxylic acids is 2. The lowest BCUT2D eigenvalue weighted by Crippen LogP contribution is -2.24. The minimum atomic E-state index is -0.181. The summed E-state index contributed by atoms with van der Waals surface area (Å²) in [6, 6.07) is 5.29. The van der Waals surface area contributed by atoms with Gasteiger partial charge in [-0.15, -0.1) is 0 Å². The second-order valence-electron chi connectivity index (χ2n) is 3.99. The van der Waals surface area contributed by atoms with Crippen LogP contribution < -0.4 is 4.90 Å². The van der Waals surface area contributed by atoms with Crippen LogP contribution >= 0.6 is 0 Å². The topological polar surface area (TPSA) is 59.5 Å². The molecule has 1 atom stereocenters. The maximum atomic E-state index is 11.4. The molecule has 1 fully saturated rings. The summed E-state index contributed by atoms with van der Waals surface area (Å²) in [5.74, 6) is 0.460. The van der Waals surface area contributed by atoms with E-state index < -0.39 is 0 Å². The van der Waals surface area contributed by atoms with Crippen molar-refractivity contribution in [2.24, 2.45) is 5.92 Å². The summed E-state index contributed by atoms with van der Waals surface area (Å²) in [5, 5.41) is 0. The van der Waals surface area contributed by atoms with Crippen LogP contribution in [0.3, 0.4) is 0 Å². The monoisotopic (exact) mass is 234 g/mol. The second-order valence-corrected chi connectivity index (χ2v) is 3.99. The average Bonchev–Trinajstić information content (AvgIpc) is 2.87. The van der Waals surface area contributed by atoms with E-state index in [0.717, 1.165) is 25.1 Å². The zero-order valence-corrected chi connectivity index (χ0v) is 9.63. The number of pyridine rings is 1. The molecule has 1 saturated heterocycles. The highest BCUT2D eigenvalue weighted by atomic mass is 16.5. The van der Waals surface area contributed by atoms with Gasteiger partial charge >= 0.3 is 5.97 Å². The van der Waals surface area contributed by atoms with E-state index in [4.69, 9.17) is 4.74 Å². The van der Waals surface area contributed by atoms with E-state index in [2.05, 4.69) is 4.98 Å². The number of aromatic nitrogens is 1. The Kier molecular flexibility index (Phi) is 3.37. The Bertz CT molecular complexity index is 434. The van der Waals surface area contributed by atoms with Gasteiger partial charge in [-0.2, -0.15) is 0 Å². The fraction of sp³-hybridized carbons (Fsp3) is 0.417. The number of carbonyl (C=O) groups is 2. The predicted molar refractivity (Wildman–Crippen MR) is 62.0 cm³/mol. The Morgan fingerprint density at radius 1 is 1.59 bits per heavy atom. The van der Waals surface area contributed by atoms with Crippen molar-refractivity contribution >= 4 is 18.1 Å². The number of aldehydes is 1. The van der Waals surface area contributed by atoms with Gasteiger partial charge in [0.25, 0.3) is 0 Å². The highest BCUT2D eigenvalue weighted by Crippen LogP contribution is 2.22. The third kappa shape index (κ3) is 2.43.